The third-order valence-electron chi connectivity index (χ3n) is 6.51. The summed E-state index contributed by atoms with van der Waals surface area (Å²) in [5.74, 6) is 0. The van der Waals surface area contributed by atoms with Crippen LogP contribution in [-0.2, 0) is 0 Å². The van der Waals surface area contributed by atoms with Crippen LogP contribution in [-0.4, -0.2) is 0 Å². The molecule has 0 heterocycles. The number of rotatable bonds is 4. The van der Waals surface area contributed by atoms with Crippen LogP contribution in [0, 0.1) is 20.8 Å². The molecule has 160 valence electrons. The van der Waals surface area contributed by atoms with Gasteiger partial charge in [0.2, 0.25) is 0 Å². The van der Waals surface area contributed by atoms with Gasteiger partial charge < -0.3 is 0 Å². The fraction of sp³-hybridized carbons (Fsp3) is 0.0909. The Kier molecular flexibility index (Phi) is 5.67. The summed E-state index contributed by atoms with van der Waals surface area (Å²) >= 11 is 0. The number of hydrogen-bond donors (Lipinski definition) is 0. The quantitative estimate of drug-likeness (QED) is 0.270. The Balaban J connectivity index is 1.51. The Bertz CT molecular complexity index is 1440. The summed E-state index contributed by atoms with van der Waals surface area (Å²) in [6.07, 6.45) is 0. The van der Waals surface area contributed by atoms with Crippen molar-refractivity contribution in [1.82, 2.24) is 0 Å². The minimum Gasteiger partial charge on any atom is -0.0620 e. The second kappa shape index (κ2) is 8.92. The molecule has 0 unspecified atom stereocenters. The lowest BCUT2D eigenvalue weighted by atomic mass is 9.92. The average molecular weight is 425 g/mol. The van der Waals surface area contributed by atoms with Gasteiger partial charge in [0.05, 0.1) is 0 Å². The van der Waals surface area contributed by atoms with Gasteiger partial charge in [-0.25, -0.2) is 0 Å². The minimum absolute atomic E-state index is 1.25. The molecule has 0 bridgehead atoms. The predicted molar refractivity (Wildman–Crippen MR) is 142 cm³/mol. The van der Waals surface area contributed by atoms with E-state index >= 15 is 0 Å². The molecular formula is C33H28. The summed E-state index contributed by atoms with van der Waals surface area (Å²) in [5, 5.41) is 0. The van der Waals surface area contributed by atoms with Crippen LogP contribution in [0.25, 0.3) is 44.5 Å². The lowest BCUT2D eigenvalue weighted by molar-refractivity contribution is 1.43. The van der Waals surface area contributed by atoms with Gasteiger partial charge in [-0.1, -0.05) is 103 Å². The van der Waals surface area contributed by atoms with E-state index in [4.69, 9.17) is 0 Å². The molecule has 0 aliphatic heterocycles. The van der Waals surface area contributed by atoms with Crippen LogP contribution in [0.2, 0.25) is 0 Å². The van der Waals surface area contributed by atoms with Gasteiger partial charge in [0.25, 0.3) is 0 Å². The van der Waals surface area contributed by atoms with Crippen molar-refractivity contribution in [1.29, 1.82) is 0 Å². The molecule has 5 aromatic rings. The molecule has 0 heteroatoms. The Morgan fingerprint density at radius 3 is 1.24 bits per heavy atom. The Hall–Kier alpha value is -3.90. The summed E-state index contributed by atoms with van der Waals surface area (Å²) < 4.78 is 0. The van der Waals surface area contributed by atoms with Crippen molar-refractivity contribution in [3.05, 3.63) is 132 Å². The van der Waals surface area contributed by atoms with Crippen LogP contribution in [0.3, 0.4) is 0 Å². The molecule has 0 saturated heterocycles. The van der Waals surface area contributed by atoms with Gasteiger partial charge in [-0.2, -0.15) is 0 Å². The molecule has 0 atom stereocenters. The molecule has 0 radical (unpaired) electrons. The number of hydrogen-bond acceptors (Lipinski definition) is 0. The normalized spacial score (nSPS) is 10.9. The van der Waals surface area contributed by atoms with Gasteiger partial charge in [0.1, 0.15) is 0 Å². The SMILES string of the molecule is Cc1ccccc1-c1cccc(-c2ccc(-c3cccc(-c4ccccc4C)c3)c(C)c2)c1. The van der Waals surface area contributed by atoms with E-state index in [1.807, 2.05) is 0 Å². The van der Waals surface area contributed by atoms with Crippen LogP contribution in [0.4, 0.5) is 0 Å². The highest BCUT2D eigenvalue weighted by Crippen LogP contribution is 2.33. The van der Waals surface area contributed by atoms with Gasteiger partial charge in [0, 0.05) is 0 Å². The monoisotopic (exact) mass is 424 g/mol. The van der Waals surface area contributed by atoms with Gasteiger partial charge in [-0.05, 0) is 94.1 Å². The predicted octanol–water partition coefficient (Wildman–Crippen LogP) is 9.28. The third kappa shape index (κ3) is 4.25. The summed E-state index contributed by atoms with van der Waals surface area (Å²) in [5.41, 5.74) is 14.0. The van der Waals surface area contributed by atoms with Crippen molar-refractivity contribution in [2.45, 2.75) is 20.8 Å². The maximum absolute atomic E-state index is 2.31. The maximum atomic E-state index is 2.31. The summed E-state index contributed by atoms with van der Waals surface area (Å²) in [6.45, 7) is 6.56. The minimum atomic E-state index is 1.25. The molecule has 0 fully saturated rings. The molecule has 0 N–H and O–H groups in total. The highest BCUT2D eigenvalue weighted by Gasteiger charge is 2.09. The molecule has 33 heavy (non-hydrogen) atoms. The van der Waals surface area contributed by atoms with E-state index in [9.17, 15) is 0 Å². The topological polar surface area (TPSA) is 0 Å². The Morgan fingerprint density at radius 2 is 0.727 bits per heavy atom. The first-order valence-corrected chi connectivity index (χ1v) is 11.5. The van der Waals surface area contributed by atoms with Crippen molar-refractivity contribution in [2.75, 3.05) is 0 Å². The standard InChI is InChI=1S/C33H28/c1-23-10-4-6-16-31(23)28-13-8-12-26(21-28)27-18-19-33(25(3)20-27)30-15-9-14-29(22-30)32-17-7-5-11-24(32)2/h4-22H,1-3H3. The summed E-state index contributed by atoms with van der Waals surface area (Å²) in [7, 11) is 0. The smallest absolute Gasteiger partial charge is 0.0154 e. The van der Waals surface area contributed by atoms with E-state index in [-0.39, 0.29) is 0 Å². The van der Waals surface area contributed by atoms with Crippen LogP contribution >= 0.6 is 0 Å². The van der Waals surface area contributed by atoms with E-state index in [0.29, 0.717) is 0 Å². The zero-order valence-corrected chi connectivity index (χ0v) is 19.5. The Labute approximate surface area is 197 Å². The molecule has 0 amide bonds. The van der Waals surface area contributed by atoms with E-state index in [1.54, 1.807) is 0 Å². The van der Waals surface area contributed by atoms with Gasteiger partial charge >= 0.3 is 0 Å². The van der Waals surface area contributed by atoms with Crippen LogP contribution in [0.5, 0.6) is 0 Å². The molecular weight excluding hydrogens is 396 g/mol. The fourth-order valence-electron chi connectivity index (χ4n) is 4.68. The zero-order chi connectivity index (χ0) is 22.8. The van der Waals surface area contributed by atoms with Gasteiger partial charge in [-0.3, -0.25) is 0 Å². The summed E-state index contributed by atoms with van der Waals surface area (Å²) in [6, 6.07) is 41.7. The highest BCUT2D eigenvalue weighted by molar-refractivity contribution is 5.80. The first-order chi connectivity index (χ1) is 16.1. The fourth-order valence-corrected chi connectivity index (χ4v) is 4.68. The number of benzene rings is 5. The van der Waals surface area contributed by atoms with Crippen LogP contribution in [0.1, 0.15) is 16.7 Å². The first kappa shape index (κ1) is 21.0. The molecule has 0 aliphatic rings. The van der Waals surface area contributed by atoms with E-state index in [0.717, 1.165) is 0 Å². The van der Waals surface area contributed by atoms with Crippen molar-refractivity contribution >= 4 is 0 Å². The first-order valence-electron chi connectivity index (χ1n) is 11.5. The van der Waals surface area contributed by atoms with Gasteiger partial charge in [-0.15, -0.1) is 0 Å². The maximum Gasteiger partial charge on any atom is -0.0154 e. The molecule has 5 rings (SSSR count). The largest absolute Gasteiger partial charge is 0.0620 e. The molecule has 0 nitrogen and oxygen atoms in total. The van der Waals surface area contributed by atoms with Crippen molar-refractivity contribution < 1.29 is 0 Å². The van der Waals surface area contributed by atoms with Crippen molar-refractivity contribution in [3.8, 4) is 44.5 Å². The molecule has 0 saturated carbocycles. The molecule has 0 aliphatic carbocycles. The van der Waals surface area contributed by atoms with E-state index in [1.165, 1.54) is 61.2 Å². The third-order valence-corrected chi connectivity index (χ3v) is 6.51. The number of aryl methyl sites for hydroxylation is 3. The highest BCUT2D eigenvalue weighted by atomic mass is 14.1. The van der Waals surface area contributed by atoms with Crippen molar-refractivity contribution in [3.63, 3.8) is 0 Å². The Morgan fingerprint density at radius 1 is 0.303 bits per heavy atom. The second-order valence-electron chi connectivity index (χ2n) is 8.82. The average Bonchev–Trinajstić information content (AvgIpc) is 2.85. The van der Waals surface area contributed by atoms with Gasteiger partial charge in [0.15, 0.2) is 0 Å². The van der Waals surface area contributed by atoms with E-state index < -0.39 is 0 Å². The summed E-state index contributed by atoms with van der Waals surface area (Å²) in [4.78, 5) is 0. The second-order valence-corrected chi connectivity index (χ2v) is 8.82. The van der Waals surface area contributed by atoms with Crippen molar-refractivity contribution in [2.24, 2.45) is 0 Å². The molecule has 0 spiro atoms. The zero-order valence-electron chi connectivity index (χ0n) is 19.5. The lowest BCUT2D eigenvalue weighted by Crippen LogP contribution is -1.89. The van der Waals surface area contributed by atoms with E-state index in [2.05, 4.69) is 136 Å². The lowest BCUT2D eigenvalue weighted by Gasteiger charge is -2.13. The molecule has 5 aromatic carbocycles. The van der Waals surface area contributed by atoms with Crippen LogP contribution in [0.15, 0.2) is 115 Å². The molecule has 0 aromatic heterocycles. The van der Waals surface area contributed by atoms with Crippen LogP contribution < -0.4 is 0 Å².